The summed E-state index contributed by atoms with van der Waals surface area (Å²) in [5.41, 5.74) is 0.758. The van der Waals surface area contributed by atoms with Crippen LogP contribution in [-0.4, -0.2) is 40.6 Å². The van der Waals surface area contributed by atoms with Crippen LogP contribution in [0.25, 0.3) is 11.4 Å². The Labute approximate surface area is 148 Å². The lowest BCUT2D eigenvalue weighted by Crippen LogP contribution is -2.42. The van der Waals surface area contributed by atoms with Crippen LogP contribution in [-0.2, 0) is 16.0 Å². The number of aryl methyl sites for hydroxylation is 1. The molecule has 3 aromatic rings. The second kappa shape index (κ2) is 7.20. The number of carbonyl (C=O) groups is 1. The van der Waals surface area contributed by atoms with Gasteiger partial charge in [0.15, 0.2) is 0 Å². The Morgan fingerprint density at radius 3 is 3.16 bits per heavy atom. The lowest BCUT2D eigenvalue weighted by atomic mass is 10.2. The number of thiophene rings is 1. The molecule has 0 aromatic carbocycles. The fraction of sp³-hybridized carbons (Fsp3) is 0.353. The SMILES string of the molecule is O=C(CCc1nc(-c2ccoc2)no1)N1CCOC(c2cccs2)C1. The second-order valence-electron chi connectivity index (χ2n) is 5.74. The average molecular weight is 359 g/mol. The molecule has 3 aromatic heterocycles. The van der Waals surface area contributed by atoms with E-state index in [9.17, 15) is 4.79 Å². The monoisotopic (exact) mass is 359 g/mol. The molecule has 0 aliphatic carbocycles. The minimum absolute atomic E-state index is 0.0335. The first-order valence-corrected chi connectivity index (χ1v) is 8.95. The van der Waals surface area contributed by atoms with Gasteiger partial charge in [0, 0.05) is 24.3 Å². The quantitative estimate of drug-likeness (QED) is 0.697. The van der Waals surface area contributed by atoms with Crippen molar-refractivity contribution in [3.8, 4) is 11.4 Å². The van der Waals surface area contributed by atoms with E-state index in [1.54, 1.807) is 29.9 Å². The lowest BCUT2D eigenvalue weighted by molar-refractivity contribution is -0.138. The van der Waals surface area contributed by atoms with Crippen molar-refractivity contribution in [2.24, 2.45) is 0 Å². The van der Waals surface area contributed by atoms with Crippen molar-refractivity contribution < 1.29 is 18.5 Å². The van der Waals surface area contributed by atoms with Crippen molar-refractivity contribution in [1.82, 2.24) is 15.0 Å². The van der Waals surface area contributed by atoms with Gasteiger partial charge in [0.05, 0.1) is 25.0 Å². The van der Waals surface area contributed by atoms with Crippen molar-refractivity contribution in [2.75, 3.05) is 19.7 Å². The molecular formula is C17H17N3O4S. The molecule has 0 radical (unpaired) electrons. The molecule has 1 fully saturated rings. The maximum absolute atomic E-state index is 12.5. The number of amides is 1. The summed E-state index contributed by atoms with van der Waals surface area (Å²) in [5.74, 6) is 1.00. The van der Waals surface area contributed by atoms with E-state index in [4.69, 9.17) is 13.7 Å². The minimum atomic E-state index is -0.0335. The molecule has 8 heteroatoms. The Morgan fingerprint density at radius 2 is 2.36 bits per heavy atom. The van der Waals surface area contributed by atoms with Gasteiger partial charge in [-0.3, -0.25) is 4.79 Å². The van der Waals surface area contributed by atoms with Crippen LogP contribution >= 0.6 is 11.3 Å². The van der Waals surface area contributed by atoms with Gasteiger partial charge in [-0.05, 0) is 17.5 Å². The molecule has 25 heavy (non-hydrogen) atoms. The lowest BCUT2D eigenvalue weighted by Gasteiger charge is -2.32. The molecule has 7 nitrogen and oxygen atoms in total. The van der Waals surface area contributed by atoms with Gasteiger partial charge in [-0.2, -0.15) is 4.98 Å². The molecule has 4 rings (SSSR count). The maximum atomic E-state index is 12.5. The standard InChI is InChI=1S/C17H17N3O4S/c21-16(20-6-8-23-13(10-20)14-2-1-9-25-14)4-3-15-18-17(19-24-15)12-5-7-22-11-12/h1-2,5,7,9,11,13H,3-4,6,8,10H2. The molecule has 1 aliphatic rings. The highest BCUT2D eigenvalue weighted by Crippen LogP contribution is 2.26. The number of ether oxygens (including phenoxy) is 1. The summed E-state index contributed by atoms with van der Waals surface area (Å²) < 4.78 is 16.0. The highest BCUT2D eigenvalue weighted by atomic mass is 32.1. The maximum Gasteiger partial charge on any atom is 0.227 e. The fourth-order valence-corrected chi connectivity index (χ4v) is 3.53. The van der Waals surface area contributed by atoms with Gasteiger partial charge in [-0.15, -0.1) is 11.3 Å². The van der Waals surface area contributed by atoms with Gasteiger partial charge in [-0.25, -0.2) is 0 Å². The van der Waals surface area contributed by atoms with Gasteiger partial charge in [-0.1, -0.05) is 11.2 Å². The molecule has 1 saturated heterocycles. The number of hydrogen-bond acceptors (Lipinski definition) is 7. The molecule has 1 aliphatic heterocycles. The van der Waals surface area contributed by atoms with Crippen LogP contribution in [0.3, 0.4) is 0 Å². The van der Waals surface area contributed by atoms with Crippen molar-refractivity contribution >= 4 is 17.2 Å². The third-order valence-corrected chi connectivity index (χ3v) is 5.04. The molecule has 0 bridgehead atoms. The Morgan fingerprint density at radius 1 is 1.40 bits per heavy atom. The van der Waals surface area contributed by atoms with E-state index < -0.39 is 0 Å². The summed E-state index contributed by atoms with van der Waals surface area (Å²) in [5, 5.41) is 5.93. The van der Waals surface area contributed by atoms with E-state index >= 15 is 0 Å². The van der Waals surface area contributed by atoms with E-state index in [1.165, 1.54) is 0 Å². The van der Waals surface area contributed by atoms with Crippen LogP contribution < -0.4 is 0 Å². The normalized spacial score (nSPS) is 17.8. The van der Waals surface area contributed by atoms with Crippen molar-refractivity contribution in [2.45, 2.75) is 18.9 Å². The molecule has 130 valence electrons. The van der Waals surface area contributed by atoms with Crippen molar-refractivity contribution in [3.63, 3.8) is 0 Å². The Hall–Kier alpha value is -2.45. The van der Waals surface area contributed by atoms with Crippen LogP contribution in [0.5, 0.6) is 0 Å². The molecular weight excluding hydrogens is 342 g/mol. The number of nitrogens with zero attached hydrogens (tertiary/aromatic N) is 3. The van der Waals surface area contributed by atoms with Crippen molar-refractivity contribution in [1.29, 1.82) is 0 Å². The highest BCUT2D eigenvalue weighted by molar-refractivity contribution is 7.10. The van der Waals surface area contributed by atoms with Crippen LogP contribution in [0.1, 0.15) is 23.3 Å². The molecule has 1 unspecified atom stereocenters. The molecule has 1 amide bonds. The first-order valence-electron chi connectivity index (χ1n) is 8.07. The zero-order valence-electron chi connectivity index (χ0n) is 13.5. The first-order chi connectivity index (χ1) is 12.3. The van der Waals surface area contributed by atoms with Crippen LogP contribution in [0.15, 0.2) is 45.0 Å². The van der Waals surface area contributed by atoms with Gasteiger partial charge in [0.25, 0.3) is 0 Å². The topological polar surface area (TPSA) is 81.6 Å². The summed E-state index contributed by atoms with van der Waals surface area (Å²) in [6.07, 6.45) is 3.83. The Bertz CT molecular complexity index is 813. The van der Waals surface area contributed by atoms with Crippen LogP contribution in [0, 0.1) is 0 Å². The number of hydrogen-bond donors (Lipinski definition) is 0. The molecule has 1 atom stereocenters. The number of morpholine rings is 1. The third kappa shape index (κ3) is 3.64. The smallest absolute Gasteiger partial charge is 0.227 e. The number of aromatic nitrogens is 2. The Kier molecular flexibility index (Phi) is 4.62. The molecule has 4 heterocycles. The Balaban J connectivity index is 1.33. The van der Waals surface area contributed by atoms with Crippen LogP contribution in [0.4, 0.5) is 0 Å². The predicted molar refractivity (Wildman–Crippen MR) is 89.9 cm³/mol. The summed E-state index contributed by atoms with van der Waals surface area (Å²) in [4.78, 5) is 19.8. The van der Waals surface area contributed by atoms with E-state index in [2.05, 4.69) is 10.1 Å². The highest BCUT2D eigenvalue weighted by Gasteiger charge is 2.26. The minimum Gasteiger partial charge on any atom is -0.472 e. The number of rotatable bonds is 5. The molecule has 0 N–H and O–H groups in total. The average Bonchev–Trinajstić information content (AvgIpc) is 3.42. The van der Waals surface area contributed by atoms with Gasteiger partial charge >= 0.3 is 0 Å². The molecule has 0 saturated carbocycles. The van der Waals surface area contributed by atoms with Gasteiger partial charge < -0.3 is 18.6 Å². The van der Waals surface area contributed by atoms with Crippen molar-refractivity contribution in [3.05, 3.63) is 46.9 Å². The summed E-state index contributed by atoms with van der Waals surface area (Å²) in [6, 6.07) is 5.80. The zero-order valence-corrected chi connectivity index (χ0v) is 14.3. The molecule has 0 spiro atoms. The van der Waals surface area contributed by atoms with Crippen LogP contribution in [0.2, 0.25) is 0 Å². The van der Waals surface area contributed by atoms with Gasteiger partial charge in [0.2, 0.25) is 17.6 Å². The van der Waals surface area contributed by atoms with E-state index in [1.807, 2.05) is 22.4 Å². The summed E-state index contributed by atoms with van der Waals surface area (Å²) >= 11 is 1.65. The van der Waals surface area contributed by atoms with E-state index in [-0.39, 0.29) is 12.0 Å². The summed E-state index contributed by atoms with van der Waals surface area (Å²) in [6.45, 7) is 1.76. The number of furan rings is 1. The third-order valence-electron chi connectivity index (χ3n) is 4.08. The zero-order chi connectivity index (χ0) is 17.1. The summed E-state index contributed by atoms with van der Waals surface area (Å²) in [7, 11) is 0. The van der Waals surface area contributed by atoms with E-state index in [0.29, 0.717) is 44.3 Å². The fourth-order valence-electron chi connectivity index (χ4n) is 2.76. The van der Waals surface area contributed by atoms with E-state index in [0.717, 1.165) is 10.4 Å². The second-order valence-corrected chi connectivity index (χ2v) is 6.72. The predicted octanol–water partition coefficient (Wildman–Crippen LogP) is 2.92. The first kappa shape index (κ1) is 16.0. The number of carbonyl (C=O) groups excluding carboxylic acids is 1. The largest absolute Gasteiger partial charge is 0.472 e. The van der Waals surface area contributed by atoms with Gasteiger partial charge in [0.1, 0.15) is 12.4 Å².